The van der Waals surface area contributed by atoms with Crippen molar-refractivity contribution in [1.29, 1.82) is 0 Å². The number of rotatable bonds is 9. The van der Waals surface area contributed by atoms with Crippen molar-refractivity contribution < 1.29 is 9.53 Å². The maximum atomic E-state index is 12.8. The smallest absolute Gasteiger partial charge is 0.251 e. The van der Waals surface area contributed by atoms with Crippen LogP contribution in [0.1, 0.15) is 68.3 Å². The number of carbonyl (C=O) groups is 1. The highest BCUT2D eigenvalue weighted by atomic mass is 79.9. The van der Waals surface area contributed by atoms with Crippen molar-refractivity contribution in [3.05, 3.63) is 94.2 Å². The van der Waals surface area contributed by atoms with E-state index in [0.29, 0.717) is 12.2 Å². The third-order valence-electron chi connectivity index (χ3n) is 6.27. The van der Waals surface area contributed by atoms with Gasteiger partial charge in [-0.3, -0.25) is 4.79 Å². The number of para-hydroxylation sites is 2. The molecule has 0 radical (unpaired) electrons. The average molecular weight is 549 g/mol. The number of hydrogen-bond acceptors (Lipinski definition) is 3. The minimum absolute atomic E-state index is 0.117. The summed E-state index contributed by atoms with van der Waals surface area (Å²) in [6.07, 6.45) is 1.87. The van der Waals surface area contributed by atoms with Gasteiger partial charge in [0, 0.05) is 16.6 Å². The third kappa shape index (κ3) is 6.35. The SMILES string of the molecule is CC(NC(=O)c1cccc(Br)c1)c1nc2ccccc2n1CCCCOc1ccc(C(C)(C)C)cc1. The van der Waals surface area contributed by atoms with Crippen molar-refractivity contribution in [2.45, 2.75) is 58.5 Å². The Hall–Kier alpha value is -3.12. The maximum absolute atomic E-state index is 12.8. The summed E-state index contributed by atoms with van der Waals surface area (Å²) in [7, 11) is 0. The number of nitrogens with zero attached hydrogens (tertiary/aromatic N) is 2. The van der Waals surface area contributed by atoms with Crippen LogP contribution in [0.25, 0.3) is 11.0 Å². The van der Waals surface area contributed by atoms with Crippen molar-refractivity contribution >= 4 is 32.9 Å². The van der Waals surface area contributed by atoms with Gasteiger partial charge in [-0.25, -0.2) is 4.98 Å². The van der Waals surface area contributed by atoms with E-state index in [9.17, 15) is 4.79 Å². The molecule has 0 aliphatic rings. The van der Waals surface area contributed by atoms with Gasteiger partial charge in [0.05, 0.1) is 23.7 Å². The lowest BCUT2D eigenvalue weighted by Gasteiger charge is -2.19. The largest absolute Gasteiger partial charge is 0.494 e. The maximum Gasteiger partial charge on any atom is 0.251 e. The Morgan fingerprint density at radius 2 is 1.78 bits per heavy atom. The molecule has 1 unspecified atom stereocenters. The van der Waals surface area contributed by atoms with Gasteiger partial charge < -0.3 is 14.6 Å². The second-order valence-electron chi connectivity index (χ2n) is 10.1. The van der Waals surface area contributed by atoms with E-state index in [-0.39, 0.29) is 17.4 Å². The molecular formula is C30H34BrN3O2. The molecule has 1 amide bonds. The van der Waals surface area contributed by atoms with E-state index in [1.165, 1.54) is 5.56 Å². The minimum Gasteiger partial charge on any atom is -0.494 e. The Bertz CT molecular complexity index is 1320. The second kappa shape index (κ2) is 11.3. The Morgan fingerprint density at radius 1 is 1.03 bits per heavy atom. The lowest BCUT2D eigenvalue weighted by atomic mass is 9.87. The molecule has 4 aromatic rings. The van der Waals surface area contributed by atoms with Crippen LogP contribution in [0.4, 0.5) is 0 Å². The van der Waals surface area contributed by atoms with E-state index >= 15 is 0 Å². The number of carbonyl (C=O) groups excluding carboxylic acids is 1. The van der Waals surface area contributed by atoms with Gasteiger partial charge in [-0.15, -0.1) is 0 Å². The Morgan fingerprint density at radius 3 is 2.50 bits per heavy atom. The highest BCUT2D eigenvalue weighted by molar-refractivity contribution is 9.10. The molecule has 1 heterocycles. The Labute approximate surface area is 222 Å². The molecule has 5 nitrogen and oxygen atoms in total. The van der Waals surface area contributed by atoms with Crippen LogP contribution in [-0.2, 0) is 12.0 Å². The van der Waals surface area contributed by atoms with Crippen LogP contribution in [0, 0.1) is 0 Å². The van der Waals surface area contributed by atoms with Crippen LogP contribution in [0.2, 0.25) is 0 Å². The lowest BCUT2D eigenvalue weighted by Crippen LogP contribution is -2.28. The van der Waals surface area contributed by atoms with Crippen LogP contribution in [0.5, 0.6) is 5.75 Å². The van der Waals surface area contributed by atoms with Crippen LogP contribution in [0.3, 0.4) is 0 Å². The number of aromatic nitrogens is 2. The van der Waals surface area contributed by atoms with Crippen LogP contribution in [-0.4, -0.2) is 22.1 Å². The Kier molecular flexibility index (Phi) is 8.14. The minimum atomic E-state index is -0.235. The molecular weight excluding hydrogens is 514 g/mol. The number of benzene rings is 3. The first-order valence-corrected chi connectivity index (χ1v) is 13.3. The molecule has 188 valence electrons. The van der Waals surface area contributed by atoms with Crippen molar-refractivity contribution in [3.8, 4) is 5.75 Å². The number of halogens is 1. The molecule has 3 aromatic carbocycles. The summed E-state index contributed by atoms with van der Waals surface area (Å²) >= 11 is 3.44. The quantitative estimate of drug-likeness (QED) is 0.221. The van der Waals surface area contributed by atoms with E-state index in [1.807, 2.05) is 49.4 Å². The second-order valence-corrected chi connectivity index (χ2v) is 11.1. The van der Waals surface area contributed by atoms with Crippen molar-refractivity contribution in [2.24, 2.45) is 0 Å². The molecule has 36 heavy (non-hydrogen) atoms. The standard InChI is InChI=1S/C30H34BrN3O2/c1-21(32-29(35)22-10-9-11-24(31)20-22)28-33-26-12-5-6-13-27(26)34(28)18-7-8-19-36-25-16-14-23(15-17-25)30(2,3)4/h5-6,9-17,20-21H,7-8,18-19H2,1-4H3,(H,32,35). The number of fused-ring (bicyclic) bond motifs is 1. The zero-order valence-electron chi connectivity index (χ0n) is 21.4. The summed E-state index contributed by atoms with van der Waals surface area (Å²) in [5, 5.41) is 3.11. The molecule has 0 saturated heterocycles. The van der Waals surface area contributed by atoms with E-state index in [1.54, 1.807) is 0 Å². The third-order valence-corrected chi connectivity index (χ3v) is 6.76. The highest BCUT2D eigenvalue weighted by Crippen LogP contribution is 2.25. The fourth-order valence-corrected chi connectivity index (χ4v) is 4.65. The number of hydrogen-bond donors (Lipinski definition) is 1. The Balaban J connectivity index is 1.38. The summed E-state index contributed by atoms with van der Waals surface area (Å²) in [5.74, 6) is 1.65. The van der Waals surface area contributed by atoms with E-state index in [0.717, 1.165) is 46.5 Å². The van der Waals surface area contributed by atoms with Gasteiger partial charge in [0.2, 0.25) is 0 Å². The van der Waals surface area contributed by atoms with Gasteiger partial charge >= 0.3 is 0 Å². The van der Waals surface area contributed by atoms with Crippen molar-refractivity contribution in [3.63, 3.8) is 0 Å². The number of nitrogens with one attached hydrogen (secondary N) is 1. The zero-order valence-corrected chi connectivity index (χ0v) is 23.0. The number of unbranched alkanes of at least 4 members (excludes halogenated alkanes) is 1. The first-order chi connectivity index (χ1) is 17.2. The molecule has 1 atom stereocenters. The van der Waals surface area contributed by atoms with Crippen LogP contribution < -0.4 is 10.1 Å². The highest BCUT2D eigenvalue weighted by Gasteiger charge is 2.19. The summed E-state index contributed by atoms with van der Waals surface area (Å²) in [6.45, 7) is 10.1. The monoisotopic (exact) mass is 547 g/mol. The molecule has 1 N–H and O–H groups in total. The molecule has 0 bridgehead atoms. The van der Waals surface area contributed by atoms with E-state index in [2.05, 4.69) is 76.9 Å². The van der Waals surface area contributed by atoms with Crippen LogP contribution >= 0.6 is 15.9 Å². The molecule has 4 rings (SSSR count). The molecule has 0 aliphatic carbocycles. The number of aryl methyl sites for hydroxylation is 1. The summed E-state index contributed by atoms with van der Waals surface area (Å²) in [6, 6.07) is 23.7. The van der Waals surface area contributed by atoms with Gasteiger partial charge in [0.25, 0.3) is 5.91 Å². The first-order valence-electron chi connectivity index (χ1n) is 12.5. The van der Waals surface area contributed by atoms with Crippen molar-refractivity contribution in [2.75, 3.05) is 6.61 Å². The van der Waals surface area contributed by atoms with Crippen LogP contribution in [0.15, 0.2) is 77.3 Å². The summed E-state index contributed by atoms with van der Waals surface area (Å²) < 4.78 is 9.08. The fraction of sp³-hybridized carbons (Fsp3) is 0.333. The molecule has 0 spiro atoms. The predicted molar refractivity (Wildman–Crippen MR) is 150 cm³/mol. The van der Waals surface area contributed by atoms with Gasteiger partial charge in [0.1, 0.15) is 11.6 Å². The number of ether oxygens (including phenoxy) is 1. The van der Waals surface area contributed by atoms with Crippen molar-refractivity contribution in [1.82, 2.24) is 14.9 Å². The predicted octanol–water partition coefficient (Wildman–Crippen LogP) is 7.45. The fourth-order valence-electron chi connectivity index (χ4n) is 4.25. The number of imidazole rings is 1. The van der Waals surface area contributed by atoms with E-state index < -0.39 is 0 Å². The molecule has 0 saturated carbocycles. The van der Waals surface area contributed by atoms with E-state index in [4.69, 9.17) is 9.72 Å². The van der Waals surface area contributed by atoms with Gasteiger partial charge in [-0.1, -0.05) is 67.0 Å². The average Bonchev–Trinajstić information content (AvgIpc) is 3.22. The summed E-state index contributed by atoms with van der Waals surface area (Å²) in [5.41, 5.74) is 4.07. The molecule has 1 aromatic heterocycles. The van der Waals surface area contributed by atoms with Gasteiger partial charge in [-0.2, -0.15) is 0 Å². The zero-order chi connectivity index (χ0) is 25.7. The van der Waals surface area contributed by atoms with Gasteiger partial charge in [-0.05, 0) is 73.2 Å². The van der Waals surface area contributed by atoms with Gasteiger partial charge in [0.15, 0.2) is 0 Å². The molecule has 0 aliphatic heterocycles. The first kappa shape index (κ1) is 26.0. The summed E-state index contributed by atoms with van der Waals surface area (Å²) in [4.78, 5) is 17.7. The lowest BCUT2D eigenvalue weighted by molar-refractivity contribution is 0.0937. The normalized spacial score (nSPS) is 12.5. The topological polar surface area (TPSA) is 56.2 Å². The molecule has 0 fully saturated rings. The number of amides is 1. The molecule has 6 heteroatoms.